The molecule has 0 aliphatic heterocycles. The number of rotatable bonds is 2. The summed E-state index contributed by atoms with van der Waals surface area (Å²) in [7, 11) is 1.50. The summed E-state index contributed by atoms with van der Waals surface area (Å²) in [6.07, 6.45) is 0. The molecule has 4 nitrogen and oxygen atoms in total. The summed E-state index contributed by atoms with van der Waals surface area (Å²) in [5, 5.41) is 18.6. The number of nitrogens with zero attached hydrogens (tertiary/aromatic N) is 2. The number of carbonyl (C=O) groups is 1. The standard InChI is InChI=1S/C11H11ClN2O2/c1-7(6-13)14(2)11(16)9-4-3-8(12)5-10(9)15/h3-5,7,15H,1-2H3. The number of aromatic hydroxyl groups is 1. The lowest BCUT2D eigenvalue weighted by Gasteiger charge is -2.19. The monoisotopic (exact) mass is 238 g/mol. The first-order valence-corrected chi connectivity index (χ1v) is 5.00. The predicted molar refractivity (Wildman–Crippen MR) is 60.3 cm³/mol. The summed E-state index contributed by atoms with van der Waals surface area (Å²) >= 11 is 5.65. The minimum absolute atomic E-state index is 0.133. The Morgan fingerprint density at radius 3 is 2.75 bits per heavy atom. The predicted octanol–water partition coefficient (Wildman–Crippen LogP) is 2.03. The van der Waals surface area contributed by atoms with Crippen molar-refractivity contribution in [2.45, 2.75) is 13.0 Å². The lowest BCUT2D eigenvalue weighted by molar-refractivity contribution is 0.0770. The normalized spacial score (nSPS) is 11.6. The molecule has 1 amide bonds. The molecule has 0 saturated carbocycles. The number of phenols is 1. The minimum Gasteiger partial charge on any atom is -0.507 e. The Balaban J connectivity index is 3.02. The van der Waals surface area contributed by atoms with E-state index >= 15 is 0 Å². The van der Waals surface area contributed by atoms with Gasteiger partial charge in [0, 0.05) is 12.1 Å². The van der Waals surface area contributed by atoms with Crippen molar-refractivity contribution in [2.75, 3.05) is 7.05 Å². The van der Waals surface area contributed by atoms with Crippen LogP contribution in [0.15, 0.2) is 18.2 Å². The van der Waals surface area contributed by atoms with Crippen LogP contribution >= 0.6 is 11.6 Å². The lowest BCUT2D eigenvalue weighted by atomic mass is 10.1. The maximum Gasteiger partial charge on any atom is 0.258 e. The third kappa shape index (κ3) is 2.44. The topological polar surface area (TPSA) is 64.3 Å². The number of carbonyl (C=O) groups excluding carboxylic acids is 1. The number of amides is 1. The fourth-order valence-corrected chi connectivity index (χ4v) is 1.30. The Bertz CT molecular complexity index is 454. The summed E-state index contributed by atoms with van der Waals surface area (Å²) < 4.78 is 0. The number of hydrogen-bond donors (Lipinski definition) is 1. The van der Waals surface area contributed by atoms with Crippen LogP contribution in [0.5, 0.6) is 5.75 Å². The highest BCUT2D eigenvalue weighted by Gasteiger charge is 2.19. The molecule has 5 heteroatoms. The van der Waals surface area contributed by atoms with Crippen LogP contribution in [-0.4, -0.2) is 29.0 Å². The summed E-state index contributed by atoms with van der Waals surface area (Å²) in [5.41, 5.74) is 0.133. The molecule has 0 radical (unpaired) electrons. The Labute approximate surface area is 98.7 Å². The molecule has 0 fully saturated rings. The summed E-state index contributed by atoms with van der Waals surface area (Å²) in [6.45, 7) is 1.60. The molecule has 0 aliphatic rings. The van der Waals surface area contributed by atoms with Crippen molar-refractivity contribution in [3.05, 3.63) is 28.8 Å². The van der Waals surface area contributed by atoms with Gasteiger partial charge in [-0.3, -0.25) is 4.79 Å². The van der Waals surface area contributed by atoms with Gasteiger partial charge in [0.25, 0.3) is 5.91 Å². The van der Waals surface area contributed by atoms with Gasteiger partial charge >= 0.3 is 0 Å². The van der Waals surface area contributed by atoms with E-state index in [9.17, 15) is 9.90 Å². The maximum absolute atomic E-state index is 11.8. The Kier molecular flexibility index (Phi) is 3.75. The van der Waals surface area contributed by atoms with Crippen molar-refractivity contribution in [2.24, 2.45) is 0 Å². The van der Waals surface area contributed by atoms with E-state index in [1.807, 2.05) is 6.07 Å². The van der Waals surface area contributed by atoms with Crippen LogP contribution in [0.1, 0.15) is 17.3 Å². The van der Waals surface area contributed by atoms with E-state index in [1.54, 1.807) is 6.92 Å². The van der Waals surface area contributed by atoms with E-state index in [-0.39, 0.29) is 11.3 Å². The second-order valence-electron chi connectivity index (χ2n) is 3.38. The van der Waals surface area contributed by atoms with Crippen molar-refractivity contribution in [1.29, 1.82) is 5.26 Å². The van der Waals surface area contributed by atoms with Crippen LogP contribution in [0.25, 0.3) is 0 Å². The second kappa shape index (κ2) is 4.86. The first-order valence-electron chi connectivity index (χ1n) is 4.62. The van der Waals surface area contributed by atoms with E-state index in [0.29, 0.717) is 5.02 Å². The molecule has 1 rings (SSSR count). The SMILES string of the molecule is CC(C#N)N(C)C(=O)c1ccc(Cl)cc1O. The summed E-state index contributed by atoms with van der Waals surface area (Å²) in [4.78, 5) is 13.1. The highest BCUT2D eigenvalue weighted by Crippen LogP contribution is 2.23. The average molecular weight is 239 g/mol. The number of benzene rings is 1. The zero-order chi connectivity index (χ0) is 12.3. The van der Waals surface area contributed by atoms with Gasteiger partial charge in [0.05, 0.1) is 11.6 Å². The summed E-state index contributed by atoms with van der Waals surface area (Å²) in [6, 6.07) is 5.63. The highest BCUT2D eigenvalue weighted by atomic mass is 35.5. The van der Waals surface area contributed by atoms with Crippen molar-refractivity contribution < 1.29 is 9.90 Å². The van der Waals surface area contributed by atoms with Crippen molar-refractivity contribution in [1.82, 2.24) is 4.90 Å². The molecule has 1 N–H and O–H groups in total. The van der Waals surface area contributed by atoms with E-state index in [4.69, 9.17) is 16.9 Å². The fourth-order valence-electron chi connectivity index (χ4n) is 1.14. The fraction of sp³-hybridized carbons (Fsp3) is 0.273. The Morgan fingerprint density at radius 1 is 1.62 bits per heavy atom. The molecular formula is C11H11ClN2O2. The van der Waals surface area contributed by atoms with Crippen molar-refractivity contribution in [3.63, 3.8) is 0 Å². The molecule has 1 aromatic rings. The highest BCUT2D eigenvalue weighted by molar-refractivity contribution is 6.30. The van der Waals surface area contributed by atoms with Gasteiger partial charge in [-0.25, -0.2) is 0 Å². The molecule has 1 aromatic carbocycles. The third-order valence-corrected chi connectivity index (χ3v) is 2.51. The van der Waals surface area contributed by atoms with Gasteiger partial charge in [-0.05, 0) is 25.1 Å². The third-order valence-electron chi connectivity index (χ3n) is 2.28. The van der Waals surface area contributed by atoms with Gasteiger partial charge in [0.15, 0.2) is 0 Å². The second-order valence-corrected chi connectivity index (χ2v) is 3.82. The van der Waals surface area contributed by atoms with Crippen molar-refractivity contribution >= 4 is 17.5 Å². The number of nitriles is 1. The molecule has 84 valence electrons. The molecule has 0 heterocycles. The molecule has 16 heavy (non-hydrogen) atoms. The Hall–Kier alpha value is -1.73. The molecule has 1 atom stereocenters. The molecule has 1 unspecified atom stereocenters. The van der Waals surface area contributed by atoms with E-state index < -0.39 is 11.9 Å². The van der Waals surface area contributed by atoms with Crippen LogP contribution in [0.2, 0.25) is 5.02 Å². The van der Waals surface area contributed by atoms with Gasteiger partial charge in [0.1, 0.15) is 11.8 Å². The average Bonchev–Trinajstić information content (AvgIpc) is 2.26. The van der Waals surface area contributed by atoms with Gasteiger partial charge in [-0.2, -0.15) is 5.26 Å². The van der Waals surface area contributed by atoms with Crippen molar-refractivity contribution in [3.8, 4) is 11.8 Å². The largest absolute Gasteiger partial charge is 0.507 e. The van der Waals surface area contributed by atoms with Crippen LogP contribution in [0, 0.1) is 11.3 Å². The smallest absolute Gasteiger partial charge is 0.258 e. The molecule has 0 bridgehead atoms. The van der Waals surface area contributed by atoms with E-state index in [1.165, 1.54) is 30.1 Å². The van der Waals surface area contributed by atoms with E-state index in [2.05, 4.69) is 0 Å². The van der Waals surface area contributed by atoms with Crippen LogP contribution in [0.3, 0.4) is 0 Å². The minimum atomic E-state index is -0.553. The van der Waals surface area contributed by atoms with Gasteiger partial charge in [0.2, 0.25) is 0 Å². The zero-order valence-electron chi connectivity index (χ0n) is 8.94. The molecule has 0 saturated heterocycles. The first-order chi connectivity index (χ1) is 7.47. The molecule has 0 aromatic heterocycles. The number of halogens is 1. The van der Waals surface area contributed by atoms with Gasteiger partial charge in [-0.1, -0.05) is 11.6 Å². The lowest BCUT2D eigenvalue weighted by Crippen LogP contribution is -2.34. The quantitative estimate of drug-likeness (QED) is 0.858. The number of phenolic OH excluding ortho intramolecular Hbond substituents is 1. The molecule has 0 spiro atoms. The summed E-state index contributed by atoms with van der Waals surface area (Å²) in [5.74, 6) is -0.599. The Morgan fingerprint density at radius 2 is 2.25 bits per heavy atom. The van der Waals surface area contributed by atoms with Crippen LogP contribution in [-0.2, 0) is 0 Å². The zero-order valence-corrected chi connectivity index (χ0v) is 9.69. The van der Waals surface area contributed by atoms with Crippen LogP contribution < -0.4 is 0 Å². The van der Waals surface area contributed by atoms with Crippen LogP contribution in [0.4, 0.5) is 0 Å². The number of hydrogen-bond acceptors (Lipinski definition) is 3. The molecule has 0 aliphatic carbocycles. The van der Waals surface area contributed by atoms with E-state index in [0.717, 1.165) is 0 Å². The maximum atomic E-state index is 11.8. The van der Waals surface area contributed by atoms with Gasteiger partial charge < -0.3 is 10.0 Å². The molecular weight excluding hydrogens is 228 g/mol. The van der Waals surface area contributed by atoms with Gasteiger partial charge in [-0.15, -0.1) is 0 Å². The first kappa shape index (κ1) is 12.3.